The lowest BCUT2D eigenvalue weighted by molar-refractivity contribution is 0.262. The summed E-state index contributed by atoms with van der Waals surface area (Å²) < 4.78 is 22.0. The molecule has 9 heteroatoms. The van der Waals surface area contributed by atoms with Crippen LogP contribution >= 0.6 is 11.3 Å². The second-order valence-electron chi connectivity index (χ2n) is 11.0. The zero-order chi connectivity index (χ0) is 29.1. The summed E-state index contributed by atoms with van der Waals surface area (Å²) >= 11 is 1.21. The number of hydrogen-bond donors (Lipinski definition) is 2. The van der Waals surface area contributed by atoms with Crippen molar-refractivity contribution in [2.24, 2.45) is 0 Å². The zero-order valence-electron chi connectivity index (χ0n) is 23.7. The molecule has 41 heavy (non-hydrogen) atoms. The number of halogens is 1. The van der Waals surface area contributed by atoms with E-state index < -0.39 is 11.8 Å². The second kappa shape index (κ2) is 11.6. The molecule has 210 valence electrons. The van der Waals surface area contributed by atoms with Crippen LogP contribution in [0.2, 0.25) is 0 Å². The van der Waals surface area contributed by atoms with E-state index in [-0.39, 0.29) is 21.9 Å². The number of thiazole rings is 1. The Kier molecular flexibility index (Phi) is 8.01. The highest BCUT2D eigenvalue weighted by Crippen LogP contribution is 2.36. The molecule has 5 rings (SSSR count). The summed E-state index contributed by atoms with van der Waals surface area (Å²) in [6, 6.07) is 22.0. The largest absolute Gasteiger partial charge is 0.437 e. The fourth-order valence-corrected chi connectivity index (χ4v) is 5.49. The van der Waals surface area contributed by atoms with Crippen LogP contribution in [0.3, 0.4) is 0 Å². The zero-order valence-corrected chi connectivity index (χ0v) is 24.5. The first-order valence-electron chi connectivity index (χ1n) is 13.2. The molecule has 0 atom stereocenters. The first-order chi connectivity index (χ1) is 19.6. The number of aromatic nitrogens is 2. The molecule has 0 saturated carbocycles. The number of fused-ring (bicyclic) bond motifs is 1. The molecule has 0 unspecified atom stereocenters. The van der Waals surface area contributed by atoms with Gasteiger partial charge in [0.05, 0.1) is 4.70 Å². The van der Waals surface area contributed by atoms with Gasteiger partial charge in [0, 0.05) is 18.3 Å². The van der Waals surface area contributed by atoms with Crippen LogP contribution in [0, 0.1) is 5.82 Å². The van der Waals surface area contributed by atoms with E-state index in [0.717, 1.165) is 28.8 Å². The molecule has 2 N–H and O–H groups in total. The van der Waals surface area contributed by atoms with Crippen molar-refractivity contribution >= 4 is 38.4 Å². The maximum Gasteiger partial charge on any atom is 0.325 e. The molecule has 0 bridgehead atoms. The minimum atomic E-state index is -0.539. The molecule has 2 amide bonds. The highest BCUT2D eigenvalue weighted by atomic mass is 32.1. The van der Waals surface area contributed by atoms with Gasteiger partial charge in [0.1, 0.15) is 17.0 Å². The van der Waals surface area contributed by atoms with Gasteiger partial charge in [-0.1, -0.05) is 74.6 Å². The molecule has 0 radical (unpaired) electrons. The summed E-state index contributed by atoms with van der Waals surface area (Å²) in [6.07, 6.45) is 1.60. The van der Waals surface area contributed by atoms with Crippen LogP contribution in [0.15, 0.2) is 79.0 Å². The highest BCUT2D eigenvalue weighted by Gasteiger charge is 2.21. The number of para-hydroxylation sites is 1. The number of ether oxygens (including phenoxy) is 1. The molecule has 7 nitrogen and oxygen atoms in total. The molecule has 5 aromatic rings. The van der Waals surface area contributed by atoms with Crippen molar-refractivity contribution in [1.29, 1.82) is 0 Å². The third kappa shape index (κ3) is 6.53. The van der Waals surface area contributed by atoms with Gasteiger partial charge in [0.25, 0.3) is 0 Å². The van der Waals surface area contributed by atoms with Gasteiger partial charge >= 0.3 is 6.03 Å². The Morgan fingerprint density at radius 3 is 2.54 bits per heavy atom. The van der Waals surface area contributed by atoms with Crippen LogP contribution < -0.4 is 15.4 Å². The average molecular weight is 570 g/mol. The van der Waals surface area contributed by atoms with Crippen LogP contribution in [0.4, 0.5) is 20.0 Å². The predicted molar refractivity (Wildman–Crippen MR) is 164 cm³/mol. The van der Waals surface area contributed by atoms with E-state index in [4.69, 9.17) is 4.74 Å². The molecule has 0 aliphatic rings. The maximum absolute atomic E-state index is 15.2. The van der Waals surface area contributed by atoms with Crippen LogP contribution in [0.5, 0.6) is 11.6 Å². The first-order valence-corrected chi connectivity index (χ1v) is 14.0. The van der Waals surface area contributed by atoms with Crippen molar-refractivity contribution in [3.8, 4) is 22.8 Å². The predicted octanol–water partition coefficient (Wildman–Crippen LogP) is 8.29. The molecule has 3 aromatic carbocycles. The summed E-state index contributed by atoms with van der Waals surface area (Å²) in [5.41, 5.74) is 4.29. The number of benzene rings is 3. The van der Waals surface area contributed by atoms with Crippen molar-refractivity contribution in [1.82, 2.24) is 14.9 Å². The van der Waals surface area contributed by atoms with E-state index in [9.17, 15) is 4.79 Å². The number of carbonyl (C=O) groups is 1. The van der Waals surface area contributed by atoms with Gasteiger partial charge in [-0.25, -0.2) is 19.2 Å². The Balaban J connectivity index is 1.36. The monoisotopic (exact) mass is 569 g/mol. The molecular weight excluding hydrogens is 537 g/mol. The summed E-state index contributed by atoms with van der Waals surface area (Å²) in [6.45, 7) is 7.04. The number of amides is 2. The Labute approximate surface area is 243 Å². The molecule has 0 aliphatic heterocycles. The molecule has 2 aromatic heterocycles. The maximum atomic E-state index is 15.2. The lowest BCUT2D eigenvalue weighted by Gasteiger charge is -2.22. The quantitative estimate of drug-likeness (QED) is 0.206. The molecule has 0 fully saturated rings. The van der Waals surface area contributed by atoms with Gasteiger partial charge < -0.3 is 15.0 Å². The molecular formula is C32H32FN5O2S. The van der Waals surface area contributed by atoms with Crippen LogP contribution in [-0.2, 0) is 12.0 Å². The topological polar surface area (TPSA) is 79.4 Å². The normalized spacial score (nSPS) is 11.6. The molecule has 0 spiro atoms. The fraction of sp³-hybridized carbons (Fsp3) is 0.219. The second-order valence-corrected chi connectivity index (χ2v) is 12.0. The number of nitrogens with zero attached hydrogens (tertiary/aromatic N) is 3. The van der Waals surface area contributed by atoms with Gasteiger partial charge in [-0.3, -0.25) is 5.32 Å². The lowest BCUT2D eigenvalue weighted by atomic mass is 9.86. The summed E-state index contributed by atoms with van der Waals surface area (Å²) in [4.78, 5) is 23.7. The average Bonchev–Trinajstić information content (AvgIpc) is 3.32. The van der Waals surface area contributed by atoms with Crippen molar-refractivity contribution < 1.29 is 13.9 Å². The third-order valence-corrected chi connectivity index (χ3v) is 7.32. The van der Waals surface area contributed by atoms with E-state index in [0.29, 0.717) is 16.1 Å². The Hall–Kier alpha value is -4.34. The van der Waals surface area contributed by atoms with E-state index in [1.165, 1.54) is 17.4 Å². The minimum absolute atomic E-state index is 0.146. The summed E-state index contributed by atoms with van der Waals surface area (Å²) in [7, 11) is 4.00. The molecule has 0 aliphatic carbocycles. The summed E-state index contributed by atoms with van der Waals surface area (Å²) in [5, 5.41) is 5.80. The van der Waals surface area contributed by atoms with Crippen molar-refractivity contribution in [2.75, 3.05) is 24.7 Å². The fourth-order valence-electron chi connectivity index (χ4n) is 4.58. The van der Waals surface area contributed by atoms with Gasteiger partial charge in [-0.2, -0.15) is 0 Å². The lowest BCUT2D eigenvalue weighted by Crippen LogP contribution is -2.20. The van der Waals surface area contributed by atoms with E-state index in [1.54, 1.807) is 18.3 Å². The van der Waals surface area contributed by atoms with Crippen LogP contribution in [0.1, 0.15) is 31.9 Å². The van der Waals surface area contributed by atoms with E-state index in [2.05, 4.69) is 46.3 Å². The van der Waals surface area contributed by atoms with Gasteiger partial charge in [-0.15, -0.1) is 0 Å². The first kappa shape index (κ1) is 28.2. The standard InChI is InChI=1S/C32H32FN5O2S/c1-32(2,3)23-13-8-9-15-26(23)40-29-25(14-10-16-34-29)35-30(39)37-31-36-28-24(33)17-21(18-27(28)41-31)22-12-7-6-11-20(22)19-38(4)5/h6-18H,19H2,1-5H3,(H2,35,36,37,39). The van der Waals surface area contributed by atoms with Crippen LogP contribution in [0.25, 0.3) is 21.3 Å². The van der Waals surface area contributed by atoms with Crippen molar-refractivity contribution in [3.63, 3.8) is 0 Å². The number of anilines is 2. The molecule has 2 heterocycles. The van der Waals surface area contributed by atoms with E-state index in [1.807, 2.05) is 68.7 Å². The Morgan fingerprint density at radius 2 is 1.76 bits per heavy atom. The SMILES string of the molecule is CN(C)Cc1ccccc1-c1cc(F)c2nc(NC(=O)Nc3cccnc3Oc3ccccc3C(C)(C)C)sc2c1. The Morgan fingerprint density at radius 1 is 1.00 bits per heavy atom. The third-order valence-electron chi connectivity index (χ3n) is 6.40. The van der Waals surface area contributed by atoms with Gasteiger partial charge in [0.15, 0.2) is 10.9 Å². The molecule has 0 saturated heterocycles. The van der Waals surface area contributed by atoms with Crippen molar-refractivity contribution in [3.05, 3.63) is 95.9 Å². The smallest absolute Gasteiger partial charge is 0.325 e. The summed E-state index contributed by atoms with van der Waals surface area (Å²) in [5.74, 6) is 0.477. The number of urea groups is 1. The number of pyridine rings is 1. The van der Waals surface area contributed by atoms with E-state index >= 15 is 4.39 Å². The number of rotatable bonds is 7. The van der Waals surface area contributed by atoms with Crippen molar-refractivity contribution in [2.45, 2.75) is 32.7 Å². The number of nitrogens with one attached hydrogen (secondary N) is 2. The number of hydrogen-bond acceptors (Lipinski definition) is 6. The number of carbonyl (C=O) groups excluding carboxylic acids is 1. The van der Waals surface area contributed by atoms with Gasteiger partial charge in [0.2, 0.25) is 5.88 Å². The minimum Gasteiger partial charge on any atom is -0.437 e. The Bertz CT molecular complexity index is 1710. The van der Waals surface area contributed by atoms with Gasteiger partial charge in [-0.05, 0) is 66.5 Å². The van der Waals surface area contributed by atoms with Crippen LogP contribution in [-0.4, -0.2) is 35.0 Å². The highest BCUT2D eigenvalue weighted by molar-refractivity contribution is 7.22.